The molecule has 0 aromatic rings. The Morgan fingerprint density at radius 2 is 2.40 bits per heavy atom. The first-order valence-corrected chi connectivity index (χ1v) is 5.44. The second kappa shape index (κ2) is 3.46. The van der Waals surface area contributed by atoms with E-state index >= 15 is 0 Å². The zero-order valence-corrected chi connectivity index (χ0v) is 9.21. The topological polar surface area (TPSA) is 33.5 Å². The van der Waals surface area contributed by atoms with Crippen LogP contribution in [0.4, 0.5) is 0 Å². The quantitative estimate of drug-likeness (QED) is 0.608. The highest BCUT2D eigenvalue weighted by atomic mass is 16.1. The fourth-order valence-electron chi connectivity index (χ4n) is 2.94. The Morgan fingerprint density at radius 1 is 1.67 bits per heavy atom. The second-order valence-electron chi connectivity index (χ2n) is 4.87. The molecule has 1 fully saturated rings. The van der Waals surface area contributed by atoms with Gasteiger partial charge in [-0.05, 0) is 24.3 Å². The fraction of sp³-hybridized carbons (Fsp3) is 0.667. The normalized spacial score (nSPS) is 40.3. The zero-order chi connectivity index (χ0) is 11.1. The van der Waals surface area contributed by atoms with Crippen LogP contribution in [0.2, 0.25) is 0 Å². The highest BCUT2D eigenvalue weighted by Crippen LogP contribution is 2.44. The van der Waals surface area contributed by atoms with Gasteiger partial charge in [0, 0.05) is 12.5 Å². The summed E-state index contributed by atoms with van der Waals surface area (Å²) in [5.41, 5.74) is 0.329. The van der Waals surface area contributed by atoms with Crippen LogP contribution in [0, 0.1) is 23.8 Å². The number of nitrogens with zero attached hydrogens (tertiary/aromatic N) is 1. The summed E-state index contributed by atoms with van der Waals surface area (Å²) >= 11 is 0. The summed E-state index contributed by atoms with van der Waals surface area (Å²) in [7, 11) is 0. The molecule has 80 valence electrons. The summed E-state index contributed by atoms with van der Waals surface area (Å²) in [4.78, 5) is 15.2. The lowest BCUT2D eigenvalue weighted by Gasteiger charge is -2.45. The summed E-state index contributed by atoms with van der Waals surface area (Å²) in [6, 6.07) is 0. The highest BCUT2D eigenvalue weighted by Gasteiger charge is 2.45. The Morgan fingerprint density at radius 3 is 3.07 bits per heavy atom. The number of Topliss-reactive ketones (excluding diaryl/α,β-unsaturated/α-hetero) is 1. The van der Waals surface area contributed by atoms with Gasteiger partial charge < -0.3 is 10.1 Å². The molecule has 1 heterocycles. The maximum atomic E-state index is 11.9. The van der Waals surface area contributed by atoms with Crippen molar-refractivity contribution in [3.63, 3.8) is 0 Å². The minimum Gasteiger partial charge on any atom is -0.316 e. The van der Waals surface area contributed by atoms with Crippen LogP contribution < -0.4 is 5.32 Å². The van der Waals surface area contributed by atoms with Gasteiger partial charge >= 0.3 is 0 Å². The molecule has 0 bridgehead atoms. The first-order valence-electron chi connectivity index (χ1n) is 5.44. The largest absolute Gasteiger partial charge is 0.316 e. The smallest absolute Gasteiger partial charge is 0.226 e. The van der Waals surface area contributed by atoms with E-state index in [1.165, 1.54) is 0 Å². The van der Waals surface area contributed by atoms with E-state index in [-0.39, 0.29) is 17.1 Å². The minimum atomic E-state index is -0.00847. The first kappa shape index (κ1) is 10.4. The third-order valence-corrected chi connectivity index (χ3v) is 3.84. The number of allylic oxidation sites excluding steroid dienone is 1. The molecule has 3 atom stereocenters. The lowest BCUT2D eigenvalue weighted by molar-refractivity contribution is -0.122. The number of ketones is 1. The molecule has 3 heteroatoms. The van der Waals surface area contributed by atoms with Gasteiger partial charge in [0.15, 0.2) is 5.78 Å². The Hall–Kier alpha value is -1.14. The van der Waals surface area contributed by atoms with E-state index in [0.29, 0.717) is 11.6 Å². The standard InChI is InChI=1S/C12H16N2O/c1-8-9-4-5-14-7-12(9,2)6-10(13-3)11(8)15/h6,8-9,14H,4-5,7H2,1-2H3/t8-,9-,12+/m0/s1. The number of fused-ring (bicyclic) bond motifs is 1. The van der Waals surface area contributed by atoms with Crippen molar-refractivity contribution in [2.45, 2.75) is 20.3 Å². The van der Waals surface area contributed by atoms with Crippen LogP contribution >= 0.6 is 0 Å². The number of piperidine rings is 1. The van der Waals surface area contributed by atoms with Crippen molar-refractivity contribution in [3.05, 3.63) is 23.2 Å². The van der Waals surface area contributed by atoms with Crippen LogP contribution in [0.15, 0.2) is 11.8 Å². The van der Waals surface area contributed by atoms with Crippen molar-refractivity contribution >= 4 is 5.78 Å². The molecule has 0 spiro atoms. The van der Waals surface area contributed by atoms with Crippen molar-refractivity contribution < 1.29 is 4.79 Å². The van der Waals surface area contributed by atoms with Crippen LogP contribution in [0.3, 0.4) is 0 Å². The number of nitrogens with one attached hydrogen (secondary N) is 1. The van der Waals surface area contributed by atoms with Gasteiger partial charge in [-0.25, -0.2) is 4.85 Å². The second-order valence-corrected chi connectivity index (χ2v) is 4.87. The molecule has 1 aliphatic heterocycles. The van der Waals surface area contributed by atoms with Crippen LogP contribution in [-0.2, 0) is 4.79 Å². The van der Waals surface area contributed by atoms with Crippen molar-refractivity contribution in [1.82, 2.24) is 5.32 Å². The number of hydrogen-bond acceptors (Lipinski definition) is 2. The van der Waals surface area contributed by atoms with E-state index in [1.807, 2.05) is 13.0 Å². The maximum Gasteiger partial charge on any atom is 0.226 e. The van der Waals surface area contributed by atoms with Gasteiger partial charge in [-0.1, -0.05) is 19.9 Å². The molecule has 15 heavy (non-hydrogen) atoms. The first-order chi connectivity index (χ1) is 7.08. The van der Waals surface area contributed by atoms with E-state index in [9.17, 15) is 4.79 Å². The summed E-state index contributed by atoms with van der Waals surface area (Å²) in [5.74, 6) is 0.442. The molecular formula is C12H16N2O. The van der Waals surface area contributed by atoms with Crippen molar-refractivity contribution in [3.8, 4) is 0 Å². The molecule has 1 saturated heterocycles. The summed E-state index contributed by atoms with van der Waals surface area (Å²) in [6.45, 7) is 13.0. The van der Waals surface area contributed by atoms with E-state index < -0.39 is 0 Å². The van der Waals surface area contributed by atoms with Crippen LogP contribution in [-0.4, -0.2) is 18.9 Å². The van der Waals surface area contributed by atoms with Gasteiger partial charge in [0.2, 0.25) is 5.70 Å². The van der Waals surface area contributed by atoms with Gasteiger partial charge in [0.25, 0.3) is 0 Å². The van der Waals surface area contributed by atoms with Crippen molar-refractivity contribution in [2.24, 2.45) is 17.3 Å². The van der Waals surface area contributed by atoms with Gasteiger partial charge in [-0.2, -0.15) is 0 Å². The van der Waals surface area contributed by atoms with Crippen molar-refractivity contribution in [1.29, 1.82) is 0 Å². The molecule has 0 saturated carbocycles. The van der Waals surface area contributed by atoms with Gasteiger partial charge in [-0.3, -0.25) is 0 Å². The van der Waals surface area contributed by atoms with Crippen LogP contribution in [0.25, 0.3) is 4.85 Å². The number of carbonyl (C=O) groups is 1. The molecular weight excluding hydrogens is 188 g/mol. The predicted octanol–water partition coefficient (Wildman–Crippen LogP) is 1.62. The Bertz CT molecular complexity index is 366. The average Bonchev–Trinajstić information content (AvgIpc) is 2.23. The van der Waals surface area contributed by atoms with Crippen LogP contribution in [0.5, 0.6) is 0 Å². The predicted molar refractivity (Wildman–Crippen MR) is 57.9 cm³/mol. The van der Waals surface area contributed by atoms with E-state index in [2.05, 4.69) is 17.1 Å². The molecule has 0 radical (unpaired) electrons. The maximum absolute atomic E-state index is 11.9. The van der Waals surface area contributed by atoms with E-state index in [0.717, 1.165) is 19.5 Å². The minimum absolute atomic E-state index is 0.00574. The molecule has 2 aliphatic rings. The highest BCUT2D eigenvalue weighted by molar-refractivity contribution is 5.99. The van der Waals surface area contributed by atoms with Crippen molar-refractivity contribution in [2.75, 3.05) is 13.1 Å². The molecule has 1 aliphatic carbocycles. The Kier molecular flexibility index (Phi) is 2.40. The van der Waals surface area contributed by atoms with Gasteiger partial charge in [-0.15, -0.1) is 0 Å². The molecule has 0 unspecified atom stereocenters. The molecule has 2 rings (SSSR count). The van der Waals surface area contributed by atoms with Gasteiger partial charge in [0.1, 0.15) is 0 Å². The molecule has 0 aromatic heterocycles. The monoisotopic (exact) mass is 204 g/mol. The summed E-state index contributed by atoms with van der Waals surface area (Å²) in [6.07, 6.45) is 2.92. The van der Waals surface area contributed by atoms with E-state index in [4.69, 9.17) is 6.57 Å². The van der Waals surface area contributed by atoms with Gasteiger partial charge in [0.05, 0.1) is 6.57 Å². The number of rotatable bonds is 0. The van der Waals surface area contributed by atoms with Crippen LogP contribution in [0.1, 0.15) is 20.3 Å². The Balaban J connectivity index is 2.43. The zero-order valence-electron chi connectivity index (χ0n) is 9.21. The van der Waals surface area contributed by atoms with E-state index in [1.54, 1.807) is 0 Å². The number of carbonyl (C=O) groups excluding carboxylic acids is 1. The summed E-state index contributed by atoms with van der Waals surface area (Å²) < 4.78 is 0. The lowest BCUT2D eigenvalue weighted by Crippen LogP contribution is -2.50. The molecule has 3 nitrogen and oxygen atoms in total. The molecule has 1 N–H and O–H groups in total. The Labute approximate surface area is 90.4 Å². The average molecular weight is 204 g/mol. The SMILES string of the molecule is [C-]#[N+]C1=C[C@]2(C)CNCC[C@H]2[C@H](C)C1=O. The molecule has 0 aromatic carbocycles. The number of hydrogen-bond donors (Lipinski definition) is 1. The molecule has 0 amide bonds. The third kappa shape index (κ3) is 1.49. The third-order valence-electron chi connectivity index (χ3n) is 3.84. The fourth-order valence-corrected chi connectivity index (χ4v) is 2.94. The lowest BCUT2D eigenvalue weighted by atomic mass is 9.62. The summed E-state index contributed by atoms with van der Waals surface area (Å²) in [5, 5.41) is 3.35.